The van der Waals surface area contributed by atoms with Crippen molar-refractivity contribution in [3.05, 3.63) is 35.9 Å². The molecule has 0 aliphatic carbocycles. The van der Waals surface area contributed by atoms with Crippen molar-refractivity contribution in [2.24, 2.45) is 23.7 Å². The Morgan fingerprint density at radius 1 is 0.650 bits per heavy atom. The molecular weight excluding hydrogens is 771 g/mol. The lowest BCUT2D eigenvalue weighted by molar-refractivity contribution is -0.150. The third-order valence-electron chi connectivity index (χ3n) is 11.2. The molecule has 0 bridgehead atoms. The molecule has 1 rings (SSSR count). The molecule has 0 aromatic heterocycles. The summed E-state index contributed by atoms with van der Waals surface area (Å²) in [6, 6.07) is 2.11. The van der Waals surface area contributed by atoms with Gasteiger partial charge in [0.1, 0.15) is 36.3 Å². The zero-order valence-corrected chi connectivity index (χ0v) is 38.7. The van der Waals surface area contributed by atoms with Crippen molar-refractivity contribution in [1.82, 2.24) is 36.0 Å². The topological polar surface area (TPSA) is 207 Å². The van der Waals surface area contributed by atoms with Crippen LogP contribution in [0.2, 0.25) is 0 Å². The number of aliphatic carboxylic acids is 1. The fourth-order valence-electron chi connectivity index (χ4n) is 6.61. The molecule has 0 aliphatic rings. The maximum Gasteiger partial charge on any atom is 0.326 e. The number of nitrogens with one attached hydrogen (secondary N) is 4. The molecular formula is C44H75N7O9. The molecule has 0 spiro atoms. The van der Waals surface area contributed by atoms with Crippen LogP contribution in [0.15, 0.2) is 30.3 Å². The third kappa shape index (κ3) is 15.8. The van der Waals surface area contributed by atoms with Crippen LogP contribution in [0.1, 0.15) is 101 Å². The highest BCUT2D eigenvalue weighted by molar-refractivity contribution is 5.97. The highest BCUT2D eigenvalue weighted by atomic mass is 16.5. The second kappa shape index (κ2) is 25.3. The van der Waals surface area contributed by atoms with Crippen LogP contribution in [-0.4, -0.2) is 138 Å². The van der Waals surface area contributed by atoms with Gasteiger partial charge in [0, 0.05) is 21.1 Å². The summed E-state index contributed by atoms with van der Waals surface area (Å²) in [5.74, 6) is -5.31. The summed E-state index contributed by atoms with van der Waals surface area (Å²) in [6.07, 6.45) is 0.0405. The molecule has 16 nitrogen and oxygen atoms in total. The average molecular weight is 846 g/mol. The van der Waals surface area contributed by atoms with Crippen LogP contribution < -0.4 is 21.3 Å². The van der Waals surface area contributed by atoms with Gasteiger partial charge in [-0.1, -0.05) is 92.1 Å². The van der Waals surface area contributed by atoms with Gasteiger partial charge in [-0.3, -0.25) is 28.8 Å². The lowest BCUT2D eigenvalue weighted by atomic mass is 9.94. The smallest absolute Gasteiger partial charge is 0.326 e. The van der Waals surface area contributed by atoms with Crippen LogP contribution in [0.4, 0.5) is 0 Å². The van der Waals surface area contributed by atoms with Gasteiger partial charge in [-0.05, 0) is 69.9 Å². The molecule has 6 amide bonds. The molecule has 5 N–H and O–H groups in total. The summed E-state index contributed by atoms with van der Waals surface area (Å²) < 4.78 is 6.34. The van der Waals surface area contributed by atoms with Crippen molar-refractivity contribution in [3.63, 3.8) is 0 Å². The van der Waals surface area contributed by atoms with Gasteiger partial charge < -0.3 is 45.8 Å². The van der Waals surface area contributed by atoms with E-state index in [4.69, 9.17) is 4.74 Å². The number of hydrogen-bond acceptors (Lipinski definition) is 9. The Bertz CT molecular complexity index is 1570. The zero-order valence-electron chi connectivity index (χ0n) is 38.7. The van der Waals surface area contributed by atoms with Gasteiger partial charge in [-0.15, -0.1) is 0 Å². The number of benzene rings is 1. The van der Waals surface area contributed by atoms with Crippen LogP contribution in [0.25, 0.3) is 0 Å². The van der Waals surface area contributed by atoms with E-state index in [0.29, 0.717) is 6.42 Å². The predicted molar refractivity (Wildman–Crippen MR) is 231 cm³/mol. The predicted octanol–water partition coefficient (Wildman–Crippen LogP) is 3.03. The molecule has 0 unspecified atom stereocenters. The van der Waals surface area contributed by atoms with Crippen LogP contribution in [-0.2, 0) is 44.9 Å². The van der Waals surface area contributed by atoms with Crippen molar-refractivity contribution in [1.29, 1.82) is 0 Å². The SMILES string of the molecule is CC[C@H](C)[C@@H](NC(=O)[C@H](NC(=O)[C@@H](C)N(C)C(=O)[C@H](C)NC)[C@H](OCc1ccccc1)C(C)C)C(=O)N(C)[C@@H](C)C(=O)N(C)[C@@H](CC(C)C)C(=O)N[C@@H](CC(C)C)C(=O)O. The monoisotopic (exact) mass is 846 g/mol. The minimum atomic E-state index is -1.30. The normalized spacial score (nSPS) is 16.0. The number of amides is 6. The lowest BCUT2D eigenvalue weighted by Gasteiger charge is -2.37. The summed E-state index contributed by atoms with van der Waals surface area (Å²) in [7, 11) is 6.04. The molecule has 0 heterocycles. The van der Waals surface area contributed by atoms with Crippen molar-refractivity contribution in [3.8, 4) is 0 Å². The second-order valence-electron chi connectivity index (χ2n) is 17.2. The average Bonchev–Trinajstić information content (AvgIpc) is 3.20. The Morgan fingerprint density at radius 2 is 1.18 bits per heavy atom. The number of nitrogens with zero attached hydrogens (tertiary/aromatic N) is 3. The van der Waals surface area contributed by atoms with E-state index in [0.717, 1.165) is 5.56 Å². The van der Waals surface area contributed by atoms with Gasteiger partial charge in [0.05, 0.1) is 18.8 Å². The van der Waals surface area contributed by atoms with Crippen molar-refractivity contribution in [2.75, 3.05) is 28.2 Å². The molecule has 1 aromatic rings. The van der Waals surface area contributed by atoms with Gasteiger partial charge in [0.25, 0.3) is 0 Å². The maximum atomic E-state index is 14.5. The van der Waals surface area contributed by atoms with Crippen molar-refractivity contribution in [2.45, 2.75) is 150 Å². The van der Waals surface area contributed by atoms with Gasteiger partial charge >= 0.3 is 5.97 Å². The van der Waals surface area contributed by atoms with Crippen molar-refractivity contribution < 1.29 is 43.4 Å². The highest BCUT2D eigenvalue weighted by Crippen LogP contribution is 2.20. The number of ether oxygens (including phenoxy) is 1. The number of rotatable bonds is 25. The van der Waals surface area contributed by atoms with E-state index in [-0.39, 0.29) is 43.1 Å². The van der Waals surface area contributed by atoms with Crippen LogP contribution in [0.3, 0.4) is 0 Å². The van der Waals surface area contributed by atoms with Crippen molar-refractivity contribution >= 4 is 41.4 Å². The summed E-state index contributed by atoms with van der Waals surface area (Å²) in [5.41, 5.74) is 0.844. The number of carboxylic acid groups (broad SMARTS) is 1. The molecule has 0 saturated heterocycles. The minimum Gasteiger partial charge on any atom is -0.480 e. The van der Waals surface area contributed by atoms with Gasteiger partial charge in [0.2, 0.25) is 35.4 Å². The molecule has 0 radical (unpaired) electrons. The van der Waals surface area contributed by atoms with Gasteiger partial charge in [0.15, 0.2) is 0 Å². The van der Waals surface area contributed by atoms with E-state index in [2.05, 4.69) is 21.3 Å². The number of carbonyl (C=O) groups is 7. The quantitative estimate of drug-likeness (QED) is 0.0973. The first-order valence-electron chi connectivity index (χ1n) is 21.2. The standard InChI is InChI=1S/C44H75N7O9/c1-16-28(8)35(43(57)50(14)31(11)42(56)51(15)34(23-26(4)5)39(53)46-33(44(58)59)22-25(2)3)47-40(54)36(37(27(6)7)60-24-32-20-18-17-19-21-32)48-38(52)30(10)49(13)41(55)29(9)45-12/h17-21,25-31,33-37,45H,16,22-24H2,1-15H3,(H,46,53)(H,47,54)(H,48,52)(H,58,59)/t28-,29-,30+,31-,33-,34-,35+,36+,37+/m0/s1. The van der Waals surface area contributed by atoms with E-state index in [1.165, 1.54) is 42.8 Å². The minimum absolute atomic E-state index is 0.00857. The second-order valence-corrected chi connectivity index (χ2v) is 17.2. The third-order valence-corrected chi connectivity index (χ3v) is 11.2. The fraction of sp³-hybridized carbons (Fsp3) is 0.705. The molecule has 1 aromatic carbocycles. The fourth-order valence-corrected chi connectivity index (χ4v) is 6.61. The Balaban J connectivity index is 3.54. The van der Waals surface area contributed by atoms with E-state index >= 15 is 0 Å². The summed E-state index contributed by atoms with van der Waals surface area (Å²) in [4.78, 5) is 99.1. The van der Waals surface area contributed by atoms with E-state index < -0.39 is 89.8 Å². The largest absolute Gasteiger partial charge is 0.480 e. The molecule has 60 heavy (non-hydrogen) atoms. The molecule has 340 valence electrons. The highest BCUT2D eigenvalue weighted by Gasteiger charge is 2.41. The Hall–Kier alpha value is -4.57. The zero-order chi connectivity index (χ0) is 46.2. The van der Waals surface area contributed by atoms with Crippen LogP contribution in [0.5, 0.6) is 0 Å². The lowest BCUT2D eigenvalue weighted by Crippen LogP contribution is -2.63. The number of hydrogen-bond donors (Lipinski definition) is 5. The Morgan fingerprint density at radius 3 is 1.67 bits per heavy atom. The number of carbonyl (C=O) groups excluding carboxylic acids is 6. The maximum absolute atomic E-state index is 14.5. The summed E-state index contributed by atoms with van der Waals surface area (Å²) in [6.45, 7) is 19.7. The Labute approximate surface area is 358 Å². The van der Waals surface area contributed by atoms with Gasteiger partial charge in [-0.2, -0.15) is 0 Å². The number of carboxylic acids is 1. The summed E-state index contributed by atoms with van der Waals surface area (Å²) in [5, 5.41) is 21.0. The number of likely N-dealkylation sites (N-methyl/N-ethyl adjacent to an activating group) is 4. The van der Waals surface area contributed by atoms with E-state index in [9.17, 15) is 38.7 Å². The first kappa shape index (κ1) is 53.4. The van der Waals surface area contributed by atoms with E-state index in [1.54, 1.807) is 27.8 Å². The van der Waals surface area contributed by atoms with Crippen LogP contribution >= 0.6 is 0 Å². The molecule has 9 atom stereocenters. The first-order valence-corrected chi connectivity index (χ1v) is 21.2. The van der Waals surface area contributed by atoms with Gasteiger partial charge in [-0.25, -0.2) is 4.79 Å². The molecule has 0 saturated carbocycles. The van der Waals surface area contributed by atoms with E-state index in [1.807, 2.05) is 78.8 Å². The molecule has 0 aliphatic heterocycles. The first-order chi connectivity index (χ1) is 27.9. The Kier molecular flexibility index (Phi) is 22.5. The molecule has 0 fully saturated rings. The summed E-state index contributed by atoms with van der Waals surface area (Å²) >= 11 is 0. The van der Waals surface area contributed by atoms with Crippen LogP contribution in [0, 0.1) is 23.7 Å². The molecule has 16 heteroatoms.